The predicted molar refractivity (Wildman–Crippen MR) is 55.5 cm³/mol. The van der Waals surface area contributed by atoms with Crippen molar-refractivity contribution in [1.82, 2.24) is 0 Å². The summed E-state index contributed by atoms with van der Waals surface area (Å²) in [6.45, 7) is 0. The molecule has 1 heterocycles. The van der Waals surface area contributed by atoms with Crippen molar-refractivity contribution in [2.45, 2.75) is 12.5 Å². The third kappa shape index (κ3) is 1.85. The van der Waals surface area contributed by atoms with Crippen LogP contribution in [0.25, 0.3) is 10.8 Å². The zero-order valence-electron chi connectivity index (χ0n) is 8.01. The van der Waals surface area contributed by atoms with Crippen molar-refractivity contribution < 1.29 is 14.3 Å². The summed E-state index contributed by atoms with van der Waals surface area (Å²) in [5, 5.41) is 10.6. The van der Waals surface area contributed by atoms with E-state index < -0.39 is 12.0 Å². The fourth-order valence-corrected chi connectivity index (χ4v) is 1.50. The number of carboxylic acid groups (broad SMARTS) is 1. The number of rotatable bonds is 3. The summed E-state index contributed by atoms with van der Waals surface area (Å²) in [5.74, 6) is -0.393. The molecule has 3 N–H and O–H groups in total. The number of aliphatic carboxylic acids is 1. The number of hydrogen-bond donors (Lipinski definition) is 2. The standard InChI is InChI=1S/C11H11NO3/c12-9(11(13)14)5-10-8-4-2-1-3-7(8)6-15-10/h1-4,6,9H,5,12H2,(H,13,14)/t9-/m0/s1. The maximum atomic E-state index is 10.6. The van der Waals surface area contributed by atoms with E-state index in [0.29, 0.717) is 5.76 Å². The molecule has 1 aromatic heterocycles. The van der Waals surface area contributed by atoms with Gasteiger partial charge in [0.05, 0.1) is 6.26 Å². The molecule has 0 amide bonds. The van der Waals surface area contributed by atoms with Crippen LogP contribution < -0.4 is 5.73 Å². The summed E-state index contributed by atoms with van der Waals surface area (Å²) in [4.78, 5) is 10.6. The Labute approximate surface area is 86.3 Å². The van der Waals surface area contributed by atoms with Crippen LogP contribution in [-0.4, -0.2) is 17.1 Å². The van der Waals surface area contributed by atoms with Crippen molar-refractivity contribution in [3.8, 4) is 0 Å². The highest BCUT2D eigenvalue weighted by Gasteiger charge is 2.16. The van der Waals surface area contributed by atoms with Gasteiger partial charge in [0, 0.05) is 17.2 Å². The minimum Gasteiger partial charge on any atom is -0.480 e. The van der Waals surface area contributed by atoms with Crippen molar-refractivity contribution in [3.63, 3.8) is 0 Å². The molecule has 1 atom stereocenters. The number of carbonyl (C=O) groups is 1. The van der Waals surface area contributed by atoms with E-state index in [9.17, 15) is 4.79 Å². The van der Waals surface area contributed by atoms with E-state index in [1.807, 2.05) is 24.3 Å². The van der Waals surface area contributed by atoms with Gasteiger partial charge in [-0.25, -0.2) is 0 Å². The molecule has 78 valence electrons. The number of furan rings is 1. The summed E-state index contributed by atoms with van der Waals surface area (Å²) in [6, 6.07) is 6.67. The van der Waals surface area contributed by atoms with Gasteiger partial charge in [-0.3, -0.25) is 4.79 Å². The molecule has 0 bridgehead atoms. The molecule has 0 radical (unpaired) electrons. The van der Waals surface area contributed by atoms with Crippen molar-refractivity contribution in [3.05, 3.63) is 36.3 Å². The van der Waals surface area contributed by atoms with Crippen molar-refractivity contribution in [2.75, 3.05) is 0 Å². The van der Waals surface area contributed by atoms with Gasteiger partial charge >= 0.3 is 5.97 Å². The summed E-state index contributed by atoms with van der Waals surface area (Å²) < 4.78 is 5.29. The van der Waals surface area contributed by atoms with Gasteiger partial charge in [0.2, 0.25) is 0 Å². The van der Waals surface area contributed by atoms with Crippen LogP contribution >= 0.6 is 0 Å². The highest BCUT2D eigenvalue weighted by atomic mass is 16.4. The predicted octanol–water partition coefficient (Wildman–Crippen LogP) is 1.39. The fraction of sp³-hybridized carbons (Fsp3) is 0.182. The lowest BCUT2D eigenvalue weighted by molar-refractivity contribution is -0.138. The lowest BCUT2D eigenvalue weighted by Gasteiger charge is -2.03. The molecular formula is C11H11NO3. The van der Waals surface area contributed by atoms with E-state index in [1.165, 1.54) is 0 Å². The van der Waals surface area contributed by atoms with Crippen LogP contribution in [0, 0.1) is 0 Å². The first-order valence-corrected chi connectivity index (χ1v) is 4.62. The first-order chi connectivity index (χ1) is 7.18. The van der Waals surface area contributed by atoms with Crippen LogP contribution in [0.15, 0.2) is 34.9 Å². The SMILES string of the molecule is N[C@@H](Cc1occ2ccccc12)C(=O)O. The van der Waals surface area contributed by atoms with Crippen LogP contribution in [0.2, 0.25) is 0 Å². The van der Waals surface area contributed by atoms with E-state index >= 15 is 0 Å². The minimum absolute atomic E-state index is 0.211. The average molecular weight is 205 g/mol. The Morgan fingerprint density at radius 1 is 1.47 bits per heavy atom. The second-order valence-electron chi connectivity index (χ2n) is 3.39. The molecule has 0 saturated heterocycles. The zero-order valence-corrected chi connectivity index (χ0v) is 8.01. The van der Waals surface area contributed by atoms with Gasteiger partial charge in [-0.15, -0.1) is 0 Å². The summed E-state index contributed by atoms with van der Waals surface area (Å²) >= 11 is 0. The van der Waals surface area contributed by atoms with Gasteiger partial charge in [-0.05, 0) is 0 Å². The molecule has 2 rings (SSSR count). The summed E-state index contributed by atoms with van der Waals surface area (Å²) in [5.41, 5.74) is 5.44. The number of carboxylic acids is 1. The lowest BCUT2D eigenvalue weighted by Crippen LogP contribution is -2.32. The molecule has 15 heavy (non-hydrogen) atoms. The van der Waals surface area contributed by atoms with Crippen molar-refractivity contribution in [2.24, 2.45) is 5.73 Å². The van der Waals surface area contributed by atoms with Crippen molar-refractivity contribution >= 4 is 16.7 Å². The Morgan fingerprint density at radius 3 is 2.93 bits per heavy atom. The highest BCUT2D eigenvalue weighted by molar-refractivity contribution is 5.84. The number of benzene rings is 1. The maximum Gasteiger partial charge on any atom is 0.320 e. The molecule has 0 aliphatic rings. The lowest BCUT2D eigenvalue weighted by atomic mass is 10.1. The van der Waals surface area contributed by atoms with E-state index in [2.05, 4.69) is 0 Å². The van der Waals surface area contributed by atoms with Crippen LogP contribution in [-0.2, 0) is 11.2 Å². The molecule has 1 aromatic carbocycles. The summed E-state index contributed by atoms with van der Waals surface area (Å²) in [7, 11) is 0. The van der Waals surface area contributed by atoms with Gasteiger partial charge in [0.15, 0.2) is 0 Å². The first-order valence-electron chi connectivity index (χ1n) is 4.62. The average Bonchev–Trinajstić information content (AvgIpc) is 2.62. The Morgan fingerprint density at radius 2 is 2.20 bits per heavy atom. The van der Waals surface area contributed by atoms with E-state index in [1.54, 1.807) is 6.26 Å². The van der Waals surface area contributed by atoms with Crippen LogP contribution in [0.4, 0.5) is 0 Å². The smallest absolute Gasteiger partial charge is 0.320 e. The van der Waals surface area contributed by atoms with Gasteiger partial charge in [-0.2, -0.15) is 0 Å². The Kier molecular flexibility index (Phi) is 2.43. The third-order valence-corrected chi connectivity index (χ3v) is 2.31. The van der Waals surface area contributed by atoms with Gasteiger partial charge in [-0.1, -0.05) is 24.3 Å². The van der Waals surface area contributed by atoms with E-state index in [0.717, 1.165) is 10.8 Å². The normalized spacial score (nSPS) is 12.9. The fourth-order valence-electron chi connectivity index (χ4n) is 1.50. The van der Waals surface area contributed by atoms with Crippen LogP contribution in [0.3, 0.4) is 0 Å². The molecule has 0 aliphatic carbocycles. The molecule has 4 heteroatoms. The van der Waals surface area contributed by atoms with Crippen LogP contribution in [0.5, 0.6) is 0 Å². The van der Waals surface area contributed by atoms with Gasteiger partial charge < -0.3 is 15.3 Å². The third-order valence-electron chi connectivity index (χ3n) is 2.31. The Balaban J connectivity index is 2.32. The summed E-state index contributed by atoms with van der Waals surface area (Å²) in [6.07, 6.45) is 1.82. The van der Waals surface area contributed by atoms with Gasteiger partial charge in [0.1, 0.15) is 11.8 Å². The van der Waals surface area contributed by atoms with Crippen molar-refractivity contribution in [1.29, 1.82) is 0 Å². The zero-order chi connectivity index (χ0) is 10.8. The number of nitrogens with two attached hydrogens (primary N) is 1. The quantitative estimate of drug-likeness (QED) is 0.793. The number of hydrogen-bond acceptors (Lipinski definition) is 3. The van der Waals surface area contributed by atoms with Crippen LogP contribution in [0.1, 0.15) is 5.76 Å². The number of fused-ring (bicyclic) bond motifs is 1. The second-order valence-corrected chi connectivity index (χ2v) is 3.39. The second kappa shape index (κ2) is 3.74. The molecule has 0 spiro atoms. The molecule has 2 aromatic rings. The molecule has 4 nitrogen and oxygen atoms in total. The Hall–Kier alpha value is -1.81. The molecular weight excluding hydrogens is 194 g/mol. The van der Waals surface area contributed by atoms with Gasteiger partial charge in [0.25, 0.3) is 0 Å². The molecule has 0 fully saturated rings. The largest absolute Gasteiger partial charge is 0.480 e. The Bertz CT molecular complexity index is 489. The topological polar surface area (TPSA) is 76.5 Å². The monoisotopic (exact) mass is 205 g/mol. The maximum absolute atomic E-state index is 10.6. The molecule has 0 unspecified atom stereocenters. The highest BCUT2D eigenvalue weighted by Crippen LogP contribution is 2.21. The minimum atomic E-state index is -1.02. The first kappa shape index (κ1) is 9.73. The van der Waals surface area contributed by atoms with E-state index in [4.69, 9.17) is 15.3 Å². The molecule has 0 aliphatic heterocycles. The van der Waals surface area contributed by atoms with E-state index in [-0.39, 0.29) is 6.42 Å². The molecule has 0 saturated carbocycles.